The van der Waals surface area contributed by atoms with Crippen molar-refractivity contribution >= 4 is 0 Å². The Labute approximate surface area is 156 Å². The number of aromatic nitrogens is 1. The van der Waals surface area contributed by atoms with Crippen molar-refractivity contribution in [1.82, 2.24) is 10.1 Å². The van der Waals surface area contributed by atoms with E-state index in [1.165, 1.54) is 24.0 Å². The van der Waals surface area contributed by atoms with Crippen LogP contribution in [0.1, 0.15) is 41.8 Å². The Balaban J connectivity index is 1.43. The first-order chi connectivity index (χ1) is 12.7. The van der Waals surface area contributed by atoms with Crippen molar-refractivity contribution in [2.45, 2.75) is 52.2 Å². The third kappa shape index (κ3) is 4.36. The fraction of sp³-hybridized carbons (Fsp3) is 0.591. The normalized spacial score (nSPS) is 24.1. The summed E-state index contributed by atoms with van der Waals surface area (Å²) in [5.74, 6) is 2.33. The largest absolute Gasteiger partial charge is 0.378 e. The summed E-state index contributed by atoms with van der Waals surface area (Å²) >= 11 is 0. The highest BCUT2D eigenvalue weighted by atomic mass is 16.5. The van der Waals surface area contributed by atoms with Crippen molar-refractivity contribution in [3.63, 3.8) is 0 Å². The molecule has 0 radical (unpaired) electrons. The van der Waals surface area contributed by atoms with Gasteiger partial charge in [0.2, 0.25) is 0 Å². The fourth-order valence-electron chi connectivity index (χ4n) is 4.06. The van der Waals surface area contributed by atoms with Gasteiger partial charge in [-0.1, -0.05) is 35.5 Å². The molecule has 1 saturated carbocycles. The molecule has 1 aliphatic carbocycles. The summed E-state index contributed by atoms with van der Waals surface area (Å²) in [5, 5.41) is 4.11. The number of likely N-dealkylation sites (tertiary alicyclic amines) is 1. The van der Waals surface area contributed by atoms with Crippen LogP contribution in [0.25, 0.3) is 0 Å². The molecule has 1 saturated heterocycles. The van der Waals surface area contributed by atoms with Gasteiger partial charge in [0.05, 0.1) is 11.8 Å². The highest BCUT2D eigenvalue weighted by Gasteiger charge is 2.32. The van der Waals surface area contributed by atoms with Crippen LogP contribution in [0, 0.1) is 25.7 Å². The summed E-state index contributed by atoms with van der Waals surface area (Å²) in [4.78, 5) is 2.55. The molecule has 0 amide bonds. The molecule has 1 aliphatic heterocycles. The second-order valence-electron chi connectivity index (χ2n) is 8.09. The highest BCUT2D eigenvalue weighted by Crippen LogP contribution is 2.32. The maximum Gasteiger partial charge on any atom is 0.138 e. The zero-order valence-corrected chi connectivity index (χ0v) is 16.0. The van der Waals surface area contributed by atoms with Crippen LogP contribution < -0.4 is 0 Å². The van der Waals surface area contributed by atoms with Gasteiger partial charge in [0.1, 0.15) is 5.76 Å². The molecule has 26 heavy (non-hydrogen) atoms. The summed E-state index contributed by atoms with van der Waals surface area (Å²) in [6.07, 6.45) is 5.31. The molecule has 4 rings (SSSR count). The minimum absolute atomic E-state index is 0.386. The van der Waals surface area contributed by atoms with Crippen LogP contribution in [0.2, 0.25) is 0 Å². The van der Waals surface area contributed by atoms with Crippen LogP contribution in [-0.2, 0) is 17.7 Å². The van der Waals surface area contributed by atoms with Crippen molar-refractivity contribution in [1.29, 1.82) is 0 Å². The van der Waals surface area contributed by atoms with Crippen LogP contribution in [0.3, 0.4) is 0 Å². The number of benzene rings is 1. The molecule has 0 spiro atoms. The molecular weight excluding hydrogens is 324 g/mol. The minimum Gasteiger partial charge on any atom is -0.378 e. The molecular formula is C22H30N2O2. The maximum absolute atomic E-state index is 6.37. The quantitative estimate of drug-likeness (QED) is 0.749. The zero-order chi connectivity index (χ0) is 17.9. The molecule has 0 N–H and O–H groups in total. The smallest absolute Gasteiger partial charge is 0.138 e. The summed E-state index contributed by atoms with van der Waals surface area (Å²) in [7, 11) is 0. The molecule has 1 aromatic heterocycles. The van der Waals surface area contributed by atoms with E-state index in [9.17, 15) is 0 Å². The lowest BCUT2D eigenvalue weighted by atomic mass is 9.88. The van der Waals surface area contributed by atoms with Gasteiger partial charge in [0.15, 0.2) is 0 Å². The maximum atomic E-state index is 6.37. The Morgan fingerprint density at radius 2 is 1.96 bits per heavy atom. The first kappa shape index (κ1) is 17.7. The van der Waals surface area contributed by atoms with E-state index in [1.807, 2.05) is 13.8 Å². The molecule has 0 unspecified atom stereocenters. The summed E-state index contributed by atoms with van der Waals surface area (Å²) < 4.78 is 11.7. The SMILES string of the molecule is Cc1noc(C)c1CN1CC[C@H](OCC2CC2)[C@@H](Cc2ccccc2)C1. The monoisotopic (exact) mass is 354 g/mol. The van der Waals surface area contributed by atoms with Crippen molar-refractivity contribution in [2.24, 2.45) is 11.8 Å². The predicted molar refractivity (Wildman–Crippen MR) is 102 cm³/mol. The Hall–Kier alpha value is -1.65. The molecule has 2 atom stereocenters. The molecule has 2 aromatic rings. The Morgan fingerprint density at radius 3 is 2.65 bits per heavy atom. The van der Waals surface area contributed by atoms with E-state index in [-0.39, 0.29) is 0 Å². The van der Waals surface area contributed by atoms with Gasteiger partial charge in [-0.25, -0.2) is 0 Å². The first-order valence-corrected chi connectivity index (χ1v) is 9.98. The first-order valence-electron chi connectivity index (χ1n) is 9.98. The van der Waals surface area contributed by atoms with E-state index in [0.717, 1.165) is 56.5 Å². The number of hydrogen-bond donors (Lipinski definition) is 0. The summed E-state index contributed by atoms with van der Waals surface area (Å²) in [6, 6.07) is 10.9. The number of nitrogens with zero attached hydrogens (tertiary/aromatic N) is 2. The molecule has 0 bridgehead atoms. The van der Waals surface area contributed by atoms with Crippen LogP contribution in [0.5, 0.6) is 0 Å². The predicted octanol–water partition coefficient (Wildman–Crippen LogP) is 4.15. The lowest BCUT2D eigenvalue weighted by molar-refractivity contribution is -0.0390. The number of ether oxygens (including phenoxy) is 1. The van der Waals surface area contributed by atoms with Crippen LogP contribution >= 0.6 is 0 Å². The number of piperidine rings is 1. The molecule has 2 fully saturated rings. The fourth-order valence-corrected chi connectivity index (χ4v) is 4.06. The Morgan fingerprint density at radius 1 is 1.15 bits per heavy atom. The van der Waals surface area contributed by atoms with E-state index in [1.54, 1.807) is 0 Å². The van der Waals surface area contributed by atoms with Crippen LogP contribution in [0.15, 0.2) is 34.9 Å². The van der Waals surface area contributed by atoms with Crippen molar-refractivity contribution in [3.05, 3.63) is 52.9 Å². The van der Waals surface area contributed by atoms with Gasteiger partial charge in [-0.3, -0.25) is 4.90 Å². The van der Waals surface area contributed by atoms with Gasteiger partial charge >= 0.3 is 0 Å². The average Bonchev–Trinajstić information content (AvgIpc) is 3.43. The lowest BCUT2D eigenvalue weighted by Crippen LogP contribution is -2.45. The molecule has 1 aromatic carbocycles. The van der Waals surface area contributed by atoms with Gasteiger partial charge in [0.25, 0.3) is 0 Å². The number of aryl methyl sites for hydroxylation is 2. The third-order valence-electron chi connectivity index (χ3n) is 5.89. The van der Waals surface area contributed by atoms with Crippen molar-refractivity contribution in [3.8, 4) is 0 Å². The zero-order valence-electron chi connectivity index (χ0n) is 16.0. The Kier molecular flexibility index (Phi) is 5.41. The van der Waals surface area contributed by atoms with Crippen LogP contribution in [-0.4, -0.2) is 35.9 Å². The average molecular weight is 354 g/mol. The second-order valence-corrected chi connectivity index (χ2v) is 8.09. The standard InChI is InChI=1S/C22H30N2O2/c1-16-21(17(2)26-23-16)14-24-11-10-22(25-15-19-8-9-19)20(13-24)12-18-6-4-3-5-7-18/h3-7,19-20,22H,8-15H2,1-2H3/t20-,22-/m0/s1. The topological polar surface area (TPSA) is 38.5 Å². The second kappa shape index (κ2) is 7.93. The van der Waals surface area contributed by atoms with E-state index in [2.05, 4.69) is 40.4 Å². The van der Waals surface area contributed by atoms with E-state index in [0.29, 0.717) is 12.0 Å². The number of rotatable bonds is 7. The lowest BCUT2D eigenvalue weighted by Gasteiger charge is -2.38. The molecule has 2 heterocycles. The summed E-state index contributed by atoms with van der Waals surface area (Å²) in [5.41, 5.74) is 3.69. The highest BCUT2D eigenvalue weighted by molar-refractivity contribution is 5.21. The Bertz CT molecular complexity index is 689. The van der Waals surface area contributed by atoms with Gasteiger partial charge < -0.3 is 9.26 Å². The van der Waals surface area contributed by atoms with E-state index < -0.39 is 0 Å². The van der Waals surface area contributed by atoms with Gasteiger partial charge in [-0.15, -0.1) is 0 Å². The van der Waals surface area contributed by atoms with E-state index in [4.69, 9.17) is 9.26 Å². The molecule has 2 aliphatic rings. The van der Waals surface area contributed by atoms with Crippen LogP contribution in [0.4, 0.5) is 0 Å². The van der Waals surface area contributed by atoms with Gasteiger partial charge in [-0.05, 0) is 51.0 Å². The van der Waals surface area contributed by atoms with Gasteiger partial charge in [0, 0.05) is 37.7 Å². The summed E-state index contributed by atoms with van der Waals surface area (Å²) in [6.45, 7) is 8.11. The third-order valence-corrected chi connectivity index (χ3v) is 5.89. The number of hydrogen-bond acceptors (Lipinski definition) is 4. The minimum atomic E-state index is 0.386. The van der Waals surface area contributed by atoms with Gasteiger partial charge in [-0.2, -0.15) is 0 Å². The molecule has 140 valence electrons. The molecule has 4 heteroatoms. The van der Waals surface area contributed by atoms with Crippen molar-refractivity contribution in [2.75, 3.05) is 19.7 Å². The molecule has 4 nitrogen and oxygen atoms in total. The van der Waals surface area contributed by atoms with E-state index >= 15 is 0 Å². The van der Waals surface area contributed by atoms with Crippen molar-refractivity contribution < 1.29 is 9.26 Å².